The van der Waals surface area contributed by atoms with Crippen molar-refractivity contribution in [2.24, 2.45) is 5.92 Å². The predicted octanol–water partition coefficient (Wildman–Crippen LogP) is 2.60. The number of hydrogen-bond donors (Lipinski definition) is 0. The minimum atomic E-state index is 0. The van der Waals surface area contributed by atoms with E-state index in [1.807, 2.05) is 0 Å². The van der Waals surface area contributed by atoms with Crippen molar-refractivity contribution in [3.05, 3.63) is 41.5 Å². The maximum absolute atomic E-state index is 2.32. The summed E-state index contributed by atoms with van der Waals surface area (Å²) in [5.41, 5.74) is 2.90. The third-order valence-corrected chi connectivity index (χ3v) is 3.45. The number of benzene rings is 1. The molecule has 18 heavy (non-hydrogen) atoms. The van der Waals surface area contributed by atoms with Crippen LogP contribution < -0.4 is 29.6 Å². The van der Waals surface area contributed by atoms with Crippen LogP contribution in [0.1, 0.15) is 59.0 Å². The first-order valence-electron chi connectivity index (χ1n) is 7.02. The van der Waals surface area contributed by atoms with E-state index in [0.717, 1.165) is 5.92 Å². The zero-order chi connectivity index (χ0) is 12.5. The molecule has 96 valence electrons. The summed E-state index contributed by atoms with van der Waals surface area (Å²) in [6.07, 6.45) is 10.9. The van der Waals surface area contributed by atoms with Crippen molar-refractivity contribution in [1.29, 1.82) is 0 Å². The Hall–Kier alpha value is -0.0400. The molecule has 0 fully saturated rings. The topological polar surface area (TPSA) is 0 Å². The first-order valence-corrected chi connectivity index (χ1v) is 7.02. The van der Waals surface area contributed by atoms with E-state index >= 15 is 0 Å². The average molecular weight is 254 g/mol. The van der Waals surface area contributed by atoms with Crippen LogP contribution in [0.15, 0.2) is 30.3 Å². The second-order valence-electron chi connectivity index (χ2n) is 4.82. The van der Waals surface area contributed by atoms with Crippen molar-refractivity contribution in [2.45, 2.75) is 52.9 Å². The Balaban J connectivity index is 0. The van der Waals surface area contributed by atoms with Gasteiger partial charge in [-0.05, 0) is 30.4 Å². The van der Waals surface area contributed by atoms with Gasteiger partial charge in [0.1, 0.15) is 0 Å². The van der Waals surface area contributed by atoms with Gasteiger partial charge in [-0.15, -0.1) is 0 Å². The fourth-order valence-electron chi connectivity index (χ4n) is 2.32. The third-order valence-electron chi connectivity index (χ3n) is 3.45. The molecule has 0 aliphatic heterocycles. The normalized spacial score (nSPS) is 12.4. The standard InChI is InChI=1S/C17H26.Na.H/c1-4-7-11-15(6-3)14-17-13-9-8-12-16(17)10-5-2;;/h5,8-10,12-13,15H,4,6-7,11,14H2,1-3H3;;/q;+1;-1. The molecule has 0 radical (unpaired) electrons. The quantitative estimate of drug-likeness (QED) is 0.656. The van der Waals surface area contributed by atoms with Gasteiger partial charge in [-0.3, -0.25) is 0 Å². The number of hydrogen-bond acceptors (Lipinski definition) is 0. The van der Waals surface area contributed by atoms with Gasteiger partial charge in [0.2, 0.25) is 0 Å². The molecule has 1 aromatic carbocycles. The molecule has 0 saturated carbocycles. The van der Waals surface area contributed by atoms with E-state index in [1.165, 1.54) is 43.2 Å². The maximum Gasteiger partial charge on any atom is 1.00 e. The Labute approximate surface area is 137 Å². The first kappa shape index (κ1) is 18.0. The second kappa shape index (κ2) is 10.8. The molecule has 0 bridgehead atoms. The van der Waals surface area contributed by atoms with Gasteiger partial charge in [0, 0.05) is 0 Å². The van der Waals surface area contributed by atoms with Crippen LogP contribution in [0.25, 0.3) is 6.08 Å². The smallest absolute Gasteiger partial charge is 1.00 e. The van der Waals surface area contributed by atoms with Gasteiger partial charge >= 0.3 is 29.6 Å². The Bertz CT molecular complexity index is 347. The summed E-state index contributed by atoms with van der Waals surface area (Å²) in [5.74, 6) is 0.848. The monoisotopic (exact) mass is 254 g/mol. The zero-order valence-electron chi connectivity index (χ0n) is 13.6. The van der Waals surface area contributed by atoms with E-state index in [0.29, 0.717) is 0 Å². The van der Waals surface area contributed by atoms with E-state index in [4.69, 9.17) is 0 Å². The van der Waals surface area contributed by atoms with E-state index < -0.39 is 0 Å². The molecule has 1 heteroatoms. The van der Waals surface area contributed by atoms with Crippen molar-refractivity contribution >= 4 is 6.08 Å². The molecule has 1 aromatic rings. The second-order valence-corrected chi connectivity index (χ2v) is 4.82. The molecular formula is C17H27Na. The molecule has 0 aromatic heterocycles. The van der Waals surface area contributed by atoms with Crippen LogP contribution in [-0.4, -0.2) is 0 Å². The number of rotatable bonds is 7. The van der Waals surface area contributed by atoms with Crippen LogP contribution in [0.5, 0.6) is 0 Å². The van der Waals surface area contributed by atoms with Gasteiger partial charge in [-0.2, -0.15) is 0 Å². The molecule has 0 saturated heterocycles. The largest absolute Gasteiger partial charge is 1.00 e. The van der Waals surface area contributed by atoms with Crippen molar-refractivity contribution in [2.75, 3.05) is 0 Å². The summed E-state index contributed by atoms with van der Waals surface area (Å²) in [4.78, 5) is 0. The van der Waals surface area contributed by atoms with Crippen molar-refractivity contribution < 1.29 is 31.0 Å². The molecule has 0 spiro atoms. The molecule has 0 heterocycles. The Morgan fingerprint density at radius 1 is 1.22 bits per heavy atom. The molecule has 1 atom stereocenters. The van der Waals surface area contributed by atoms with Gasteiger partial charge in [-0.1, -0.05) is 75.9 Å². The van der Waals surface area contributed by atoms with Crippen LogP contribution in [0.2, 0.25) is 0 Å². The summed E-state index contributed by atoms with van der Waals surface area (Å²) in [6, 6.07) is 8.80. The molecule has 1 unspecified atom stereocenters. The third kappa shape index (κ3) is 6.22. The van der Waals surface area contributed by atoms with E-state index in [9.17, 15) is 0 Å². The van der Waals surface area contributed by atoms with E-state index in [2.05, 4.69) is 57.2 Å². The van der Waals surface area contributed by atoms with E-state index in [-0.39, 0.29) is 31.0 Å². The minimum Gasteiger partial charge on any atom is -1.00 e. The molecule has 0 nitrogen and oxygen atoms in total. The summed E-state index contributed by atoms with van der Waals surface area (Å²) in [6.45, 7) is 6.68. The summed E-state index contributed by atoms with van der Waals surface area (Å²) >= 11 is 0. The number of unbranched alkanes of at least 4 members (excludes halogenated alkanes) is 1. The fourth-order valence-corrected chi connectivity index (χ4v) is 2.32. The first-order chi connectivity index (χ1) is 8.31. The summed E-state index contributed by atoms with van der Waals surface area (Å²) < 4.78 is 0. The Kier molecular flexibility index (Phi) is 10.8. The summed E-state index contributed by atoms with van der Waals surface area (Å²) in [5, 5.41) is 0. The molecule has 1 rings (SSSR count). The Morgan fingerprint density at radius 3 is 2.56 bits per heavy atom. The maximum atomic E-state index is 2.32. The van der Waals surface area contributed by atoms with Gasteiger partial charge in [0.15, 0.2) is 0 Å². The van der Waals surface area contributed by atoms with Crippen molar-refractivity contribution in [3.8, 4) is 0 Å². The average Bonchev–Trinajstić information content (AvgIpc) is 2.36. The molecule has 0 N–H and O–H groups in total. The van der Waals surface area contributed by atoms with Crippen LogP contribution in [0.4, 0.5) is 0 Å². The van der Waals surface area contributed by atoms with Gasteiger partial charge in [0.25, 0.3) is 0 Å². The fraction of sp³-hybridized carbons (Fsp3) is 0.529. The zero-order valence-corrected chi connectivity index (χ0v) is 14.6. The number of allylic oxidation sites excluding steroid dienone is 1. The van der Waals surface area contributed by atoms with Gasteiger partial charge in [0.05, 0.1) is 0 Å². The predicted molar refractivity (Wildman–Crippen MR) is 79.3 cm³/mol. The van der Waals surface area contributed by atoms with Crippen LogP contribution in [-0.2, 0) is 6.42 Å². The van der Waals surface area contributed by atoms with Crippen LogP contribution >= 0.6 is 0 Å². The van der Waals surface area contributed by atoms with Crippen LogP contribution in [0, 0.1) is 5.92 Å². The SMILES string of the molecule is CC=Cc1ccccc1CC(CC)CCCC.[H-].[Na+]. The van der Waals surface area contributed by atoms with Crippen molar-refractivity contribution in [3.63, 3.8) is 0 Å². The molecule has 0 aliphatic carbocycles. The van der Waals surface area contributed by atoms with E-state index in [1.54, 1.807) is 0 Å². The molecule has 0 amide bonds. The molecular weight excluding hydrogens is 227 g/mol. The van der Waals surface area contributed by atoms with Crippen molar-refractivity contribution in [1.82, 2.24) is 0 Å². The van der Waals surface area contributed by atoms with Gasteiger partial charge < -0.3 is 1.43 Å². The summed E-state index contributed by atoms with van der Waals surface area (Å²) in [7, 11) is 0. The Morgan fingerprint density at radius 2 is 1.94 bits per heavy atom. The van der Waals surface area contributed by atoms with Gasteiger partial charge in [-0.25, -0.2) is 0 Å². The molecule has 0 aliphatic rings. The van der Waals surface area contributed by atoms with Crippen LogP contribution in [0.3, 0.4) is 0 Å². The minimum absolute atomic E-state index is 0.